The fraction of sp³-hybridized carbons (Fsp3) is 1.00. The minimum Gasteiger partial charge on any atom is -0.381 e. The maximum Gasteiger partial charge on any atom is 0.0497 e. The van der Waals surface area contributed by atoms with Crippen molar-refractivity contribution in [1.82, 2.24) is 5.32 Å². The van der Waals surface area contributed by atoms with Crippen LogP contribution < -0.4 is 5.32 Å². The number of nitrogens with one attached hydrogen (secondary N) is 1. The van der Waals surface area contributed by atoms with Crippen molar-refractivity contribution in [2.75, 3.05) is 26.3 Å². The molecule has 0 saturated heterocycles. The van der Waals surface area contributed by atoms with E-state index in [0.717, 1.165) is 37.5 Å². The van der Waals surface area contributed by atoms with E-state index in [0.29, 0.717) is 0 Å². The molecule has 0 aromatic rings. The van der Waals surface area contributed by atoms with Crippen LogP contribution in [-0.2, 0) is 4.74 Å². The molecule has 2 nitrogen and oxygen atoms in total. The summed E-state index contributed by atoms with van der Waals surface area (Å²) in [6.45, 7) is 10.8. The molecule has 1 aliphatic rings. The molecule has 1 N–H and O–H groups in total. The Balaban J connectivity index is 2.32. The molecule has 1 saturated carbocycles. The van der Waals surface area contributed by atoms with E-state index in [2.05, 4.69) is 26.1 Å². The summed E-state index contributed by atoms with van der Waals surface area (Å²) in [5, 5.41) is 3.63. The van der Waals surface area contributed by atoms with Crippen LogP contribution in [-0.4, -0.2) is 26.3 Å². The van der Waals surface area contributed by atoms with E-state index in [-0.39, 0.29) is 0 Å². The Bertz CT molecular complexity index is 182. The Morgan fingerprint density at radius 3 is 2.47 bits per heavy atom. The molecule has 0 aliphatic heterocycles. The normalized spacial score (nSPS) is 26.1. The Kier molecular flexibility index (Phi) is 7.87. The molecule has 2 atom stereocenters. The van der Waals surface area contributed by atoms with Gasteiger partial charge in [0.25, 0.3) is 0 Å². The van der Waals surface area contributed by atoms with Crippen LogP contribution in [0, 0.1) is 17.8 Å². The molecule has 1 aliphatic carbocycles. The summed E-state index contributed by atoms with van der Waals surface area (Å²) in [5.74, 6) is 2.38. The van der Waals surface area contributed by atoms with E-state index >= 15 is 0 Å². The Labute approximate surface area is 108 Å². The van der Waals surface area contributed by atoms with Crippen LogP contribution in [0.25, 0.3) is 0 Å². The molecule has 0 bridgehead atoms. The second kappa shape index (κ2) is 8.93. The summed E-state index contributed by atoms with van der Waals surface area (Å²) >= 11 is 0. The van der Waals surface area contributed by atoms with Crippen LogP contribution in [0.3, 0.4) is 0 Å². The zero-order chi connectivity index (χ0) is 12.5. The molecule has 2 heteroatoms. The van der Waals surface area contributed by atoms with Gasteiger partial charge < -0.3 is 10.1 Å². The standard InChI is InChI=1S/C15H31NO/c1-4-17-12-15-9-7-5-6-8-14(15)11-16-10-13(2)3/h13-16H,4-12H2,1-3H3. The fourth-order valence-corrected chi connectivity index (χ4v) is 2.78. The van der Waals surface area contributed by atoms with Gasteiger partial charge in [0.2, 0.25) is 0 Å². The summed E-state index contributed by atoms with van der Waals surface area (Å²) in [5.41, 5.74) is 0. The third-order valence-electron chi connectivity index (χ3n) is 3.81. The molecule has 1 rings (SSSR count). The zero-order valence-electron chi connectivity index (χ0n) is 12.0. The summed E-state index contributed by atoms with van der Waals surface area (Å²) in [6.07, 6.45) is 7.00. The first-order valence-corrected chi connectivity index (χ1v) is 7.52. The van der Waals surface area contributed by atoms with Gasteiger partial charge in [0.05, 0.1) is 0 Å². The highest BCUT2D eigenvalue weighted by molar-refractivity contribution is 4.76. The molecular weight excluding hydrogens is 210 g/mol. The van der Waals surface area contributed by atoms with Crippen LogP contribution >= 0.6 is 0 Å². The Morgan fingerprint density at radius 2 is 1.82 bits per heavy atom. The molecule has 0 spiro atoms. The van der Waals surface area contributed by atoms with Crippen LogP contribution in [0.2, 0.25) is 0 Å². The first kappa shape index (κ1) is 15.0. The second-order valence-corrected chi connectivity index (χ2v) is 5.87. The van der Waals surface area contributed by atoms with Crippen LogP contribution in [0.15, 0.2) is 0 Å². The Morgan fingerprint density at radius 1 is 1.12 bits per heavy atom. The highest BCUT2D eigenvalue weighted by atomic mass is 16.5. The molecule has 0 amide bonds. The lowest BCUT2D eigenvalue weighted by Crippen LogP contribution is -2.32. The van der Waals surface area contributed by atoms with Crippen molar-refractivity contribution in [2.24, 2.45) is 17.8 Å². The average molecular weight is 241 g/mol. The molecule has 0 aromatic carbocycles. The lowest BCUT2D eigenvalue weighted by molar-refractivity contribution is 0.0815. The first-order chi connectivity index (χ1) is 8.24. The van der Waals surface area contributed by atoms with E-state index in [1.165, 1.54) is 38.6 Å². The van der Waals surface area contributed by atoms with Crippen molar-refractivity contribution in [3.63, 3.8) is 0 Å². The van der Waals surface area contributed by atoms with Gasteiger partial charge in [0.1, 0.15) is 0 Å². The van der Waals surface area contributed by atoms with E-state index in [1.807, 2.05) is 0 Å². The molecule has 0 aromatic heterocycles. The smallest absolute Gasteiger partial charge is 0.0497 e. The summed E-state index contributed by atoms with van der Waals surface area (Å²) in [6, 6.07) is 0. The van der Waals surface area contributed by atoms with E-state index in [4.69, 9.17) is 4.74 Å². The molecular formula is C15H31NO. The van der Waals surface area contributed by atoms with Crippen molar-refractivity contribution in [1.29, 1.82) is 0 Å². The third-order valence-corrected chi connectivity index (χ3v) is 3.81. The number of ether oxygens (including phenoxy) is 1. The molecule has 17 heavy (non-hydrogen) atoms. The molecule has 2 unspecified atom stereocenters. The minimum absolute atomic E-state index is 0.756. The van der Waals surface area contributed by atoms with Crippen molar-refractivity contribution >= 4 is 0 Å². The van der Waals surface area contributed by atoms with Gasteiger partial charge >= 0.3 is 0 Å². The zero-order valence-corrected chi connectivity index (χ0v) is 12.0. The van der Waals surface area contributed by atoms with Gasteiger partial charge in [-0.05, 0) is 50.6 Å². The maximum absolute atomic E-state index is 5.66. The van der Waals surface area contributed by atoms with Gasteiger partial charge in [-0.25, -0.2) is 0 Å². The maximum atomic E-state index is 5.66. The number of hydrogen-bond acceptors (Lipinski definition) is 2. The van der Waals surface area contributed by atoms with E-state index in [1.54, 1.807) is 0 Å². The molecule has 102 valence electrons. The second-order valence-electron chi connectivity index (χ2n) is 5.87. The lowest BCUT2D eigenvalue weighted by Gasteiger charge is -2.25. The van der Waals surface area contributed by atoms with Gasteiger partial charge in [0, 0.05) is 13.2 Å². The largest absolute Gasteiger partial charge is 0.381 e. The molecule has 1 fully saturated rings. The van der Waals surface area contributed by atoms with Gasteiger partial charge in [-0.1, -0.05) is 33.1 Å². The van der Waals surface area contributed by atoms with Gasteiger partial charge in [0.15, 0.2) is 0 Å². The van der Waals surface area contributed by atoms with Gasteiger partial charge in [-0.3, -0.25) is 0 Å². The summed E-state index contributed by atoms with van der Waals surface area (Å²) < 4.78 is 5.66. The van der Waals surface area contributed by atoms with Crippen LogP contribution in [0.1, 0.15) is 52.9 Å². The fourth-order valence-electron chi connectivity index (χ4n) is 2.78. The topological polar surface area (TPSA) is 21.3 Å². The van der Waals surface area contributed by atoms with Crippen LogP contribution in [0.4, 0.5) is 0 Å². The number of rotatable bonds is 7. The summed E-state index contributed by atoms with van der Waals surface area (Å²) in [4.78, 5) is 0. The van der Waals surface area contributed by atoms with Crippen molar-refractivity contribution < 1.29 is 4.74 Å². The van der Waals surface area contributed by atoms with Crippen LogP contribution in [0.5, 0.6) is 0 Å². The van der Waals surface area contributed by atoms with Crippen molar-refractivity contribution in [2.45, 2.75) is 52.9 Å². The van der Waals surface area contributed by atoms with Gasteiger partial charge in [-0.15, -0.1) is 0 Å². The average Bonchev–Trinajstić information content (AvgIpc) is 2.51. The van der Waals surface area contributed by atoms with Crippen molar-refractivity contribution in [3.8, 4) is 0 Å². The first-order valence-electron chi connectivity index (χ1n) is 7.52. The lowest BCUT2D eigenvalue weighted by atomic mass is 9.88. The van der Waals surface area contributed by atoms with E-state index in [9.17, 15) is 0 Å². The predicted octanol–water partition coefficient (Wildman–Crippen LogP) is 3.47. The quantitative estimate of drug-likeness (QED) is 0.689. The predicted molar refractivity (Wildman–Crippen MR) is 74.3 cm³/mol. The van der Waals surface area contributed by atoms with Crippen molar-refractivity contribution in [3.05, 3.63) is 0 Å². The van der Waals surface area contributed by atoms with Gasteiger partial charge in [-0.2, -0.15) is 0 Å². The Hall–Kier alpha value is -0.0800. The monoisotopic (exact) mass is 241 g/mol. The molecule has 0 heterocycles. The molecule has 0 radical (unpaired) electrons. The number of hydrogen-bond donors (Lipinski definition) is 1. The highest BCUT2D eigenvalue weighted by Crippen LogP contribution is 2.28. The van der Waals surface area contributed by atoms with E-state index < -0.39 is 0 Å². The third kappa shape index (κ3) is 6.42. The minimum atomic E-state index is 0.756. The highest BCUT2D eigenvalue weighted by Gasteiger charge is 2.23. The summed E-state index contributed by atoms with van der Waals surface area (Å²) in [7, 11) is 0. The SMILES string of the molecule is CCOCC1CCCCCC1CNCC(C)C.